The molecular formula is C12H13F4N3. The SMILES string of the molecule is CN1CCN=C1NCc1ccc(F)cc1C(F)(F)F. The summed E-state index contributed by atoms with van der Waals surface area (Å²) in [4.78, 5) is 5.93. The van der Waals surface area contributed by atoms with Gasteiger partial charge in [-0.05, 0) is 17.7 Å². The number of guanidine groups is 1. The third-order valence-corrected chi connectivity index (χ3v) is 2.87. The highest BCUT2D eigenvalue weighted by molar-refractivity contribution is 5.81. The summed E-state index contributed by atoms with van der Waals surface area (Å²) in [5.74, 6) is -0.344. The van der Waals surface area contributed by atoms with Crippen molar-refractivity contribution in [2.24, 2.45) is 4.99 Å². The van der Waals surface area contributed by atoms with Gasteiger partial charge in [-0.1, -0.05) is 6.07 Å². The van der Waals surface area contributed by atoms with Crippen LogP contribution in [0.1, 0.15) is 11.1 Å². The number of rotatable bonds is 2. The zero-order valence-corrected chi connectivity index (χ0v) is 10.3. The quantitative estimate of drug-likeness (QED) is 0.838. The Balaban J connectivity index is 2.16. The Bertz CT molecular complexity index is 496. The standard InChI is InChI=1S/C12H13F4N3/c1-19-5-4-17-11(19)18-7-8-2-3-9(13)6-10(8)12(14,15)16/h2-3,6H,4-5,7H2,1H3,(H,17,18). The molecule has 0 aromatic heterocycles. The van der Waals surface area contributed by atoms with E-state index < -0.39 is 17.6 Å². The molecule has 0 fully saturated rings. The number of nitrogens with zero attached hydrogens (tertiary/aromatic N) is 2. The summed E-state index contributed by atoms with van der Waals surface area (Å²) < 4.78 is 51.2. The van der Waals surface area contributed by atoms with Gasteiger partial charge in [-0.15, -0.1) is 0 Å². The summed E-state index contributed by atoms with van der Waals surface area (Å²) in [6, 6.07) is 2.67. The van der Waals surface area contributed by atoms with Crippen molar-refractivity contribution in [1.29, 1.82) is 0 Å². The van der Waals surface area contributed by atoms with E-state index in [4.69, 9.17) is 0 Å². The predicted molar refractivity (Wildman–Crippen MR) is 63.2 cm³/mol. The Morgan fingerprint density at radius 1 is 1.37 bits per heavy atom. The van der Waals surface area contributed by atoms with Crippen LogP contribution in [0.25, 0.3) is 0 Å². The van der Waals surface area contributed by atoms with E-state index in [1.165, 1.54) is 0 Å². The van der Waals surface area contributed by atoms with Crippen molar-refractivity contribution in [3.63, 3.8) is 0 Å². The second-order valence-electron chi connectivity index (χ2n) is 4.28. The highest BCUT2D eigenvalue weighted by atomic mass is 19.4. The van der Waals surface area contributed by atoms with Crippen molar-refractivity contribution in [3.05, 3.63) is 35.1 Å². The number of hydrogen-bond acceptors (Lipinski definition) is 3. The van der Waals surface area contributed by atoms with Gasteiger partial charge in [0.25, 0.3) is 0 Å². The van der Waals surface area contributed by atoms with Crippen LogP contribution in [-0.2, 0) is 12.7 Å². The minimum absolute atomic E-state index is 0.00287. The third kappa shape index (κ3) is 3.15. The smallest absolute Gasteiger partial charge is 0.352 e. The zero-order valence-electron chi connectivity index (χ0n) is 10.3. The van der Waals surface area contributed by atoms with Crippen molar-refractivity contribution in [2.75, 3.05) is 20.1 Å². The monoisotopic (exact) mass is 275 g/mol. The third-order valence-electron chi connectivity index (χ3n) is 2.87. The highest BCUT2D eigenvalue weighted by Crippen LogP contribution is 2.32. The molecule has 1 aromatic rings. The molecule has 1 aliphatic heterocycles. The molecule has 3 nitrogen and oxygen atoms in total. The molecule has 0 radical (unpaired) electrons. The molecule has 0 aliphatic carbocycles. The van der Waals surface area contributed by atoms with Gasteiger partial charge in [0.05, 0.1) is 12.1 Å². The lowest BCUT2D eigenvalue weighted by Gasteiger charge is -2.17. The van der Waals surface area contributed by atoms with Crippen LogP contribution < -0.4 is 5.32 Å². The van der Waals surface area contributed by atoms with Gasteiger partial charge in [0.15, 0.2) is 5.96 Å². The first-order chi connectivity index (χ1) is 8.88. The first kappa shape index (κ1) is 13.6. The molecule has 0 saturated heterocycles. The molecular weight excluding hydrogens is 262 g/mol. The summed E-state index contributed by atoms with van der Waals surface area (Å²) in [6.07, 6.45) is -4.57. The van der Waals surface area contributed by atoms with E-state index in [-0.39, 0.29) is 12.1 Å². The number of nitrogens with one attached hydrogen (secondary N) is 1. The Morgan fingerprint density at radius 2 is 2.11 bits per heavy atom. The van der Waals surface area contributed by atoms with E-state index in [1.807, 2.05) is 4.90 Å². The Morgan fingerprint density at radius 3 is 2.68 bits per heavy atom. The number of halogens is 4. The molecule has 1 N–H and O–H groups in total. The normalized spacial score (nSPS) is 15.6. The van der Waals surface area contributed by atoms with Gasteiger partial charge < -0.3 is 10.2 Å². The molecule has 0 spiro atoms. The van der Waals surface area contributed by atoms with Gasteiger partial charge >= 0.3 is 6.18 Å². The van der Waals surface area contributed by atoms with Crippen molar-refractivity contribution >= 4 is 5.96 Å². The fraction of sp³-hybridized carbons (Fsp3) is 0.417. The van der Waals surface area contributed by atoms with Crippen LogP contribution in [0.2, 0.25) is 0 Å². The summed E-state index contributed by atoms with van der Waals surface area (Å²) in [5, 5.41) is 2.83. The van der Waals surface area contributed by atoms with Crippen LogP contribution in [0.3, 0.4) is 0 Å². The van der Waals surface area contributed by atoms with E-state index >= 15 is 0 Å². The summed E-state index contributed by atoms with van der Waals surface area (Å²) >= 11 is 0. The second kappa shape index (κ2) is 5.07. The molecule has 1 heterocycles. The van der Waals surface area contributed by atoms with Crippen molar-refractivity contribution in [1.82, 2.24) is 10.2 Å². The van der Waals surface area contributed by atoms with Crippen LogP contribution >= 0.6 is 0 Å². The van der Waals surface area contributed by atoms with E-state index in [2.05, 4.69) is 10.3 Å². The largest absolute Gasteiger partial charge is 0.416 e. The predicted octanol–water partition coefficient (Wildman–Crippen LogP) is 2.24. The fourth-order valence-electron chi connectivity index (χ4n) is 1.86. The summed E-state index contributed by atoms with van der Waals surface area (Å²) in [5.41, 5.74) is -0.960. The van der Waals surface area contributed by atoms with Gasteiger partial charge in [-0.25, -0.2) is 4.39 Å². The van der Waals surface area contributed by atoms with Crippen LogP contribution in [0.15, 0.2) is 23.2 Å². The average Bonchev–Trinajstić information content (AvgIpc) is 2.72. The number of likely N-dealkylation sites (N-methyl/N-ethyl adjacent to an activating group) is 1. The molecule has 1 aromatic carbocycles. The van der Waals surface area contributed by atoms with Crippen molar-refractivity contribution in [3.8, 4) is 0 Å². The van der Waals surface area contributed by atoms with E-state index in [9.17, 15) is 17.6 Å². The molecule has 2 rings (SSSR count). The molecule has 0 unspecified atom stereocenters. The van der Waals surface area contributed by atoms with Crippen LogP contribution in [0.5, 0.6) is 0 Å². The van der Waals surface area contributed by atoms with Gasteiger partial charge in [-0.3, -0.25) is 4.99 Å². The minimum Gasteiger partial charge on any atom is -0.352 e. The van der Waals surface area contributed by atoms with E-state index in [0.29, 0.717) is 18.6 Å². The van der Waals surface area contributed by atoms with Crippen molar-refractivity contribution in [2.45, 2.75) is 12.7 Å². The first-order valence-corrected chi connectivity index (χ1v) is 5.73. The number of benzene rings is 1. The molecule has 0 amide bonds. The van der Waals surface area contributed by atoms with E-state index in [0.717, 1.165) is 18.7 Å². The van der Waals surface area contributed by atoms with Gasteiger partial charge in [0, 0.05) is 20.1 Å². The molecule has 7 heteroatoms. The number of hydrogen-bond donors (Lipinski definition) is 1. The van der Waals surface area contributed by atoms with Crippen LogP contribution in [0, 0.1) is 5.82 Å². The van der Waals surface area contributed by atoms with Gasteiger partial charge in [-0.2, -0.15) is 13.2 Å². The molecule has 0 saturated carbocycles. The molecule has 0 atom stereocenters. The molecule has 104 valence electrons. The summed E-state index contributed by atoms with van der Waals surface area (Å²) in [6.45, 7) is 1.31. The first-order valence-electron chi connectivity index (χ1n) is 5.73. The second-order valence-corrected chi connectivity index (χ2v) is 4.28. The van der Waals surface area contributed by atoms with E-state index in [1.54, 1.807) is 7.05 Å². The number of aliphatic imine (C=N–C) groups is 1. The summed E-state index contributed by atoms with van der Waals surface area (Å²) in [7, 11) is 1.80. The maximum atomic E-state index is 12.9. The Hall–Kier alpha value is -1.79. The maximum absolute atomic E-state index is 12.9. The van der Waals surface area contributed by atoms with Crippen LogP contribution in [-0.4, -0.2) is 31.0 Å². The van der Waals surface area contributed by atoms with Crippen molar-refractivity contribution < 1.29 is 17.6 Å². The topological polar surface area (TPSA) is 27.6 Å². The maximum Gasteiger partial charge on any atom is 0.416 e. The molecule has 19 heavy (non-hydrogen) atoms. The lowest BCUT2D eigenvalue weighted by molar-refractivity contribution is -0.138. The Kier molecular flexibility index (Phi) is 3.64. The average molecular weight is 275 g/mol. The molecule has 1 aliphatic rings. The van der Waals surface area contributed by atoms with Gasteiger partial charge in [0.2, 0.25) is 0 Å². The molecule has 0 bridgehead atoms. The number of alkyl halides is 3. The zero-order chi connectivity index (χ0) is 14.0. The lowest BCUT2D eigenvalue weighted by atomic mass is 10.1. The van der Waals surface area contributed by atoms with Crippen LogP contribution in [0.4, 0.5) is 17.6 Å². The minimum atomic E-state index is -4.57. The van der Waals surface area contributed by atoms with Gasteiger partial charge in [0.1, 0.15) is 5.82 Å². The highest BCUT2D eigenvalue weighted by Gasteiger charge is 2.33. The fourth-order valence-corrected chi connectivity index (χ4v) is 1.86. The lowest BCUT2D eigenvalue weighted by Crippen LogP contribution is -2.35. The Labute approximate surface area is 107 Å².